The fourth-order valence-electron chi connectivity index (χ4n) is 2.11. The van der Waals surface area contributed by atoms with Crippen molar-refractivity contribution >= 4 is 0 Å². The van der Waals surface area contributed by atoms with Gasteiger partial charge >= 0.3 is 0 Å². The molecule has 0 aromatic heterocycles. The van der Waals surface area contributed by atoms with Crippen LogP contribution in [0.5, 0.6) is 0 Å². The molecule has 1 unspecified atom stereocenters. The second-order valence-corrected chi connectivity index (χ2v) is 4.95. The molecular weight excluding hydrogens is 198 g/mol. The lowest BCUT2D eigenvalue weighted by atomic mass is 9.85. The minimum Gasteiger partial charge on any atom is -0.368 e. The van der Waals surface area contributed by atoms with Crippen molar-refractivity contribution in [2.24, 2.45) is 0 Å². The van der Waals surface area contributed by atoms with Gasteiger partial charge in [-0.2, -0.15) is 0 Å². The first kappa shape index (κ1) is 11.2. The van der Waals surface area contributed by atoms with E-state index in [1.807, 2.05) is 6.92 Å². The molecule has 0 saturated heterocycles. The van der Waals surface area contributed by atoms with Gasteiger partial charge in [0.05, 0.1) is 6.61 Å². The highest BCUT2D eigenvalue weighted by Gasteiger charge is 2.38. The Morgan fingerprint density at radius 3 is 2.81 bits per heavy atom. The van der Waals surface area contributed by atoms with Crippen LogP contribution < -0.4 is 0 Å². The highest BCUT2D eigenvalue weighted by Crippen LogP contribution is 2.35. The standard InChI is InChI=1S/C14H17NO/c1-10(2)11-5-6-12-8-16-9-14(3,15-4)13(12)7-11/h5-7,10H,8-9H2,1-3H3. The fraction of sp³-hybridized carbons (Fsp3) is 0.500. The Kier molecular flexibility index (Phi) is 2.73. The van der Waals surface area contributed by atoms with Crippen molar-refractivity contribution in [3.05, 3.63) is 46.3 Å². The number of ether oxygens (including phenoxy) is 1. The average molecular weight is 215 g/mol. The van der Waals surface area contributed by atoms with Crippen molar-refractivity contribution in [2.45, 2.75) is 38.8 Å². The lowest BCUT2D eigenvalue weighted by Gasteiger charge is -2.26. The van der Waals surface area contributed by atoms with Crippen LogP contribution in [-0.4, -0.2) is 6.61 Å². The number of fused-ring (bicyclic) bond motifs is 1. The van der Waals surface area contributed by atoms with Crippen molar-refractivity contribution in [3.8, 4) is 0 Å². The minimum absolute atomic E-state index is 0.502. The van der Waals surface area contributed by atoms with Gasteiger partial charge in [0.2, 0.25) is 0 Å². The van der Waals surface area contributed by atoms with E-state index in [-0.39, 0.29) is 0 Å². The summed E-state index contributed by atoms with van der Waals surface area (Å²) >= 11 is 0. The molecule has 0 N–H and O–H groups in total. The van der Waals surface area contributed by atoms with E-state index in [1.54, 1.807) is 0 Å². The molecule has 0 saturated carbocycles. The molecule has 2 heteroatoms. The zero-order valence-corrected chi connectivity index (χ0v) is 10.1. The molecule has 16 heavy (non-hydrogen) atoms. The van der Waals surface area contributed by atoms with Crippen LogP contribution in [0.3, 0.4) is 0 Å². The SMILES string of the molecule is [C-]#[N+]C1(C)COCc2ccc(C(C)C)cc21. The van der Waals surface area contributed by atoms with Crippen LogP contribution in [-0.2, 0) is 16.9 Å². The predicted molar refractivity (Wildman–Crippen MR) is 64.1 cm³/mol. The van der Waals surface area contributed by atoms with Gasteiger partial charge in [-0.05, 0) is 23.1 Å². The summed E-state index contributed by atoms with van der Waals surface area (Å²) in [5.41, 5.74) is 3.11. The van der Waals surface area contributed by atoms with Crippen molar-refractivity contribution in [1.82, 2.24) is 0 Å². The lowest BCUT2D eigenvalue weighted by Crippen LogP contribution is -2.30. The molecule has 1 aliphatic heterocycles. The van der Waals surface area contributed by atoms with E-state index in [2.05, 4.69) is 36.9 Å². The highest BCUT2D eigenvalue weighted by atomic mass is 16.5. The number of hydrogen-bond donors (Lipinski definition) is 0. The second kappa shape index (κ2) is 3.92. The summed E-state index contributed by atoms with van der Waals surface area (Å²) in [6.07, 6.45) is 0. The van der Waals surface area contributed by atoms with Gasteiger partial charge in [-0.1, -0.05) is 26.0 Å². The van der Waals surface area contributed by atoms with Crippen molar-refractivity contribution in [3.63, 3.8) is 0 Å². The molecule has 0 amide bonds. The topological polar surface area (TPSA) is 13.6 Å². The first-order valence-electron chi connectivity index (χ1n) is 5.66. The summed E-state index contributed by atoms with van der Waals surface area (Å²) in [6.45, 7) is 14.8. The maximum Gasteiger partial charge on any atom is 0.277 e. The summed E-state index contributed by atoms with van der Waals surface area (Å²) in [4.78, 5) is 3.75. The molecule has 1 atom stereocenters. The van der Waals surface area contributed by atoms with Gasteiger partial charge in [-0.25, -0.2) is 6.57 Å². The van der Waals surface area contributed by atoms with Gasteiger partial charge in [-0.3, -0.25) is 0 Å². The van der Waals surface area contributed by atoms with E-state index in [0.717, 1.165) is 11.1 Å². The lowest BCUT2D eigenvalue weighted by molar-refractivity contribution is 0.0728. The van der Waals surface area contributed by atoms with Crippen LogP contribution in [0.15, 0.2) is 18.2 Å². The maximum atomic E-state index is 7.35. The summed E-state index contributed by atoms with van der Waals surface area (Å²) < 4.78 is 5.49. The van der Waals surface area contributed by atoms with E-state index >= 15 is 0 Å². The largest absolute Gasteiger partial charge is 0.368 e. The van der Waals surface area contributed by atoms with Gasteiger partial charge in [0.1, 0.15) is 6.61 Å². The molecule has 1 heterocycles. The third-order valence-corrected chi connectivity index (χ3v) is 3.27. The normalized spacial score (nSPS) is 23.9. The monoisotopic (exact) mass is 215 g/mol. The number of benzene rings is 1. The van der Waals surface area contributed by atoms with Gasteiger partial charge in [0, 0.05) is 12.5 Å². The molecule has 0 aliphatic carbocycles. The average Bonchev–Trinajstić information content (AvgIpc) is 2.29. The third kappa shape index (κ3) is 1.72. The van der Waals surface area contributed by atoms with E-state index in [1.165, 1.54) is 5.56 Å². The highest BCUT2D eigenvalue weighted by molar-refractivity contribution is 5.41. The van der Waals surface area contributed by atoms with Gasteiger partial charge < -0.3 is 9.58 Å². The van der Waals surface area contributed by atoms with Crippen molar-refractivity contribution in [2.75, 3.05) is 6.61 Å². The van der Waals surface area contributed by atoms with Gasteiger partial charge in [0.25, 0.3) is 5.54 Å². The first-order chi connectivity index (χ1) is 7.57. The Hall–Kier alpha value is -1.33. The van der Waals surface area contributed by atoms with E-state index in [9.17, 15) is 0 Å². The van der Waals surface area contributed by atoms with Crippen LogP contribution in [0.1, 0.15) is 43.4 Å². The Bertz CT molecular complexity index is 445. The smallest absolute Gasteiger partial charge is 0.277 e. The van der Waals surface area contributed by atoms with Crippen molar-refractivity contribution < 1.29 is 4.74 Å². The number of hydrogen-bond acceptors (Lipinski definition) is 1. The molecule has 84 valence electrons. The molecule has 0 bridgehead atoms. The van der Waals surface area contributed by atoms with Crippen LogP contribution in [0.2, 0.25) is 0 Å². The van der Waals surface area contributed by atoms with Crippen LogP contribution in [0.25, 0.3) is 4.85 Å². The zero-order chi connectivity index (χ0) is 11.8. The van der Waals surface area contributed by atoms with Gasteiger partial charge in [0.15, 0.2) is 0 Å². The van der Waals surface area contributed by atoms with E-state index in [4.69, 9.17) is 11.3 Å². The van der Waals surface area contributed by atoms with E-state index in [0.29, 0.717) is 19.1 Å². The number of rotatable bonds is 1. The van der Waals surface area contributed by atoms with Crippen molar-refractivity contribution in [1.29, 1.82) is 0 Å². The van der Waals surface area contributed by atoms with Crippen LogP contribution >= 0.6 is 0 Å². The molecule has 0 fully saturated rings. The Morgan fingerprint density at radius 1 is 1.44 bits per heavy atom. The number of nitrogens with zero attached hydrogens (tertiary/aromatic N) is 1. The minimum atomic E-state index is -0.502. The Balaban J connectivity index is 2.54. The quantitative estimate of drug-likeness (QED) is 0.654. The van der Waals surface area contributed by atoms with Crippen LogP contribution in [0.4, 0.5) is 0 Å². The third-order valence-electron chi connectivity index (χ3n) is 3.27. The summed E-state index contributed by atoms with van der Waals surface area (Å²) in [6, 6.07) is 6.43. The molecule has 1 aromatic carbocycles. The Labute approximate surface area is 97.1 Å². The fourth-order valence-corrected chi connectivity index (χ4v) is 2.11. The molecular formula is C14H17NO. The summed E-state index contributed by atoms with van der Waals surface area (Å²) in [7, 11) is 0. The molecule has 1 aromatic rings. The summed E-state index contributed by atoms with van der Waals surface area (Å²) in [5.74, 6) is 0.503. The van der Waals surface area contributed by atoms with E-state index < -0.39 is 5.54 Å². The molecule has 2 nitrogen and oxygen atoms in total. The molecule has 0 radical (unpaired) electrons. The summed E-state index contributed by atoms with van der Waals surface area (Å²) in [5, 5.41) is 0. The molecule has 1 aliphatic rings. The van der Waals surface area contributed by atoms with Crippen LogP contribution in [0, 0.1) is 6.57 Å². The zero-order valence-electron chi connectivity index (χ0n) is 10.1. The second-order valence-electron chi connectivity index (χ2n) is 4.95. The first-order valence-corrected chi connectivity index (χ1v) is 5.66. The maximum absolute atomic E-state index is 7.35. The molecule has 2 rings (SSSR count). The Morgan fingerprint density at radius 2 is 2.19 bits per heavy atom. The predicted octanol–water partition coefficient (Wildman–Crippen LogP) is 3.47. The van der Waals surface area contributed by atoms with Gasteiger partial charge in [-0.15, -0.1) is 0 Å². The molecule has 0 spiro atoms.